The fourth-order valence-electron chi connectivity index (χ4n) is 4.62. The first-order valence-electron chi connectivity index (χ1n) is 9.78. The maximum atomic E-state index is 12.7. The Morgan fingerprint density at radius 3 is 1.93 bits per heavy atom. The van der Waals surface area contributed by atoms with Gasteiger partial charge in [0.2, 0.25) is 10.0 Å². The molecule has 0 aliphatic carbocycles. The van der Waals surface area contributed by atoms with E-state index in [1.807, 2.05) is 24.3 Å². The van der Waals surface area contributed by atoms with Crippen LogP contribution in [0.3, 0.4) is 0 Å². The minimum Gasteiger partial charge on any atom is -0.349 e. The Morgan fingerprint density at radius 2 is 1.43 bits per heavy atom. The third-order valence-corrected chi connectivity index (χ3v) is 7.28. The molecule has 2 heterocycles. The van der Waals surface area contributed by atoms with Gasteiger partial charge in [-0.25, -0.2) is 8.42 Å². The van der Waals surface area contributed by atoms with Crippen LogP contribution in [0.15, 0.2) is 48.5 Å². The molecular formula is C22H26N2O3S. The van der Waals surface area contributed by atoms with Crippen molar-refractivity contribution < 1.29 is 13.2 Å². The molecule has 2 aromatic rings. The highest BCUT2D eigenvalue weighted by Gasteiger charge is 2.45. The molecule has 2 bridgehead atoms. The molecule has 1 N–H and O–H groups in total. The number of sulfonamides is 1. The van der Waals surface area contributed by atoms with E-state index in [2.05, 4.69) is 36.5 Å². The Hall–Kier alpha value is -2.18. The van der Waals surface area contributed by atoms with E-state index in [0.717, 1.165) is 24.0 Å². The molecule has 1 amide bonds. The minimum atomic E-state index is -3.18. The summed E-state index contributed by atoms with van der Waals surface area (Å²) >= 11 is 0. The van der Waals surface area contributed by atoms with Crippen molar-refractivity contribution in [2.24, 2.45) is 0 Å². The van der Waals surface area contributed by atoms with Crippen LogP contribution in [0.1, 0.15) is 41.6 Å². The maximum absolute atomic E-state index is 12.7. The van der Waals surface area contributed by atoms with Gasteiger partial charge in [-0.15, -0.1) is 0 Å². The fourth-order valence-corrected chi connectivity index (χ4v) is 6.09. The van der Waals surface area contributed by atoms with Crippen molar-refractivity contribution in [3.63, 3.8) is 0 Å². The van der Waals surface area contributed by atoms with Crippen LogP contribution in [0, 0.1) is 6.92 Å². The first-order chi connectivity index (χ1) is 13.3. The summed E-state index contributed by atoms with van der Waals surface area (Å²) in [6.07, 6.45) is 4.44. The summed E-state index contributed by atoms with van der Waals surface area (Å²) in [5.41, 5.74) is 4.06. The van der Waals surface area contributed by atoms with E-state index in [-0.39, 0.29) is 24.0 Å². The SMILES string of the molecule is Cc1ccc(-c2ccc(C(=O)NC3CC4CCC(C3)N4S(C)(=O)=O)cc2)cc1. The number of amides is 1. The smallest absolute Gasteiger partial charge is 0.251 e. The number of nitrogens with zero attached hydrogens (tertiary/aromatic N) is 1. The number of carbonyl (C=O) groups excluding carboxylic acids is 1. The van der Waals surface area contributed by atoms with E-state index in [9.17, 15) is 13.2 Å². The summed E-state index contributed by atoms with van der Waals surface area (Å²) in [5.74, 6) is -0.0901. The fraction of sp³-hybridized carbons (Fsp3) is 0.409. The quantitative estimate of drug-likeness (QED) is 0.859. The van der Waals surface area contributed by atoms with Crippen molar-refractivity contribution in [2.45, 2.75) is 50.7 Å². The summed E-state index contributed by atoms with van der Waals surface area (Å²) in [4.78, 5) is 12.7. The van der Waals surface area contributed by atoms with Gasteiger partial charge < -0.3 is 5.32 Å². The van der Waals surface area contributed by atoms with Gasteiger partial charge in [0.1, 0.15) is 0 Å². The molecule has 2 unspecified atom stereocenters. The van der Waals surface area contributed by atoms with E-state index < -0.39 is 10.0 Å². The number of aryl methyl sites for hydroxylation is 1. The molecule has 2 aliphatic heterocycles. The predicted octanol–water partition coefficient (Wildman–Crippen LogP) is 3.35. The lowest BCUT2D eigenvalue weighted by atomic mass is 9.99. The van der Waals surface area contributed by atoms with Gasteiger partial charge >= 0.3 is 0 Å². The molecule has 148 valence electrons. The Bertz CT molecular complexity index is 954. The van der Waals surface area contributed by atoms with Crippen molar-refractivity contribution >= 4 is 15.9 Å². The summed E-state index contributed by atoms with van der Waals surface area (Å²) in [7, 11) is -3.18. The van der Waals surface area contributed by atoms with Gasteiger partial charge in [-0.1, -0.05) is 42.0 Å². The van der Waals surface area contributed by atoms with Crippen molar-refractivity contribution in [3.05, 3.63) is 59.7 Å². The Balaban J connectivity index is 1.41. The third-order valence-electron chi connectivity index (χ3n) is 5.92. The predicted molar refractivity (Wildman–Crippen MR) is 111 cm³/mol. The molecule has 2 aromatic carbocycles. The van der Waals surface area contributed by atoms with Crippen LogP contribution in [0.25, 0.3) is 11.1 Å². The highest BCUT2D eigenvalue weighted by Crippen LogP contribution is 2.37. The number of hydrogen-bond acceptors (Lipinski definition) is 3. The second-order valence-corrected chi connectivity index (χ2v) is 9.95. The number of carbonyl (C=O) groups is 1. The lowest BCUT2D eigenvalue weighted by molar-refractivity contribution is 0.0909. The largest absolute Gasteiger partial charge is 0.349 e. The van der Waals surface area contributed by atoms with Gasteiger partial charge in [0.15, 0.2) is 0 Å². The lowest BCUT2D eigenvalue weighted by Crippen LogP contribution is -2.52. The molecule has 4 rings (SSSR count). The average Bonchev–Trinajstić information content (AvgIpc) is 2.95. The first kappa shape index (κ1) is 19.2. The van der Waals surface area contributed by atoms with Gasteiger partial charge in [-0.2, -0.15) is 4.31 Å². The average molecular weight is 399 g/mol. The summed E-state index contributed by atoms with van der Waals surface area (Å²) in [6, 6.07) is 16.0. The van der Waals surface area contributed by atoms with E-state index >= 15 is 0 Å². The van der Waals surface area contributed by atoms with Gasteiger partial charge in [-0.05, 0) is 55.9 Å². The van der Waals surface area contributed by atoms with Crippen molar-refractivity contribution in [3.8, 4) is 11.1 Å². The normalized spacial score (nSPS) is 24.9. The zero-order valence-corrected chi connectivity index (χ0v) is 17.1. The van der Waals surface area contributed by atoms with Crippen LogP contribution < -0.4 is 5.32 Å². The number of benzene rings is 2. The van der Waals surface area contributed by atoms with Gasteiger partial charge in [0, 0.05) is 23.7 Å². The number of rotatable bonds is 4. The van der Waals surface area contributed by atoms with Crippen LogP contribution in [-0.2, 0) is 10.0 Å². The number of piperidine rings is 1. The van der Waals surface area contributed by atoms with Crippen LogP contribution >= 0.6 is 0 Å². The maximum Gasteiger partial charge on any atom is 0.251 e. The Labute approximate surface area is 166 Å². The highest BCUT2D eigenvalue weighted by atomic mass is 32.2. The summed E-state index contributed by atoms with van der Waals surface area (Å²) in [5, 5.41) is 3.11. The molecule has 0 radical (unpaired) electrons. The monoisotopic (exact) mass is 398 g/mol. The molecule has 28 heavy (non-hydrogen) atoms. The molecule has 0 aromatic heterocycles. The summed E-state index contributed by atoms with van der Waals surface area (Å²) < 4.78 is 25.7. The molecule has 2 atom stereocenters. The molecule has 5 nitrogen and oxygen atoms in total. The van der Waals surface area contributed by atoms with Crippen LogP contribution in [-0.4, -0.2) is 43.0 Å². The molecule has 2 fully saturated rings. The molecule has 6 heteroatoms. The zero-order valence-electron chi connectivity index (χ0n) is 16.3. The number of fused-ring (bicyclic) bond motifs is 2. The van der Waals surface area contributed by atoms with Crippen molar-refractivity contribution in [2.75, 3.05) is 6.26 Å². The zero-order chi connectivity index (χ0) is 19.9. The van der Waals surface area contributed by atoms with E-state index in [1.54, 1.807) is 4.31 Å². The van der Waals surface area contributed by atoms with Crippen LogP contribution in [0.5, 0.6) is 0 Å². The second kappa shape index (κ2) is 7.33. The van der Waals surface area contributed by atoms with Gasteiger partial charge in [-0.3, -0.25) is 4.79 Å². The van der Waals surface area contributed by atoms with Crippen LogP contribution in [0.4, 0.5) is 0 Å². The Morgan fingerprint density at radius 1 is 0.929 bits per heavy atom. The molecule has 2 saturated heterocycles. The number of nitrogens with one attached hydrogen (secondary N) is 1. The first-order valence-corrected chi connectivity index (χ1v) is 11.6. The van der Waals surface area contributed by atoms with E-state index in [1.165, 1.54) is 11.8 Å². The summed E-state index contributed by atoms with van der Waals surface area (Å²) in [6.45, 7) is 2.06. The number of hydrogen-bond donors (Lipinski definition) is 1. The topological polar surface area (TPSA) is 66.5 Å². The second-order valence-electron chi connectivity index (χ2n) is 8.06. The van der Waals surface area contributed by atoms with E-state index in [4.69, 9.17) is 0 Å². The minimum absolute atomic E-state index is 0.0166. The molecule has 0 saturated carbocycles. The highest BCUT2D eigenvalue weighted by molar-refractivity contribution is 7.88. The molecule has 0 spiro atoms. The van der Waals surface area contributed by atoms with Crippen molar-refractivity contribution in [1.82, 2.24) is 9.62 Å². The van der Waals surface area contributed by atoms with Gasteiger partial charge in [0.25, 0.3) is 5.91 Å². The third kappa shape index (κ3) is 3.84. The van der Waals surface area contributed by atoms with E-state index in [0.29, 0.717) is 18.4 Å². The van der Waals surface area contributed by atoms with Crippen LogP contribution in [0.2, 0.25) is 0 Å². The lowest BCUT2D eigenvalue weighted by Gasteiger charge is -2.37. The Kier molecular flexibility index (Phi) is 5.02. The van der Waals surface area contributed by atoms with Crippen molar-refractivity contribution in [1.29, 1.82) is 0 Å². The molecular weight excluding hydrogens is 372 g/mol. The molecule has 2 aliphatic rings. The standard InChI is InChI=1S/C22H26N2O3S/c1-15-3-5-16(6-4-15)17-7-9-18(10-8-17)22(25)23-19-13-20-11-12-21(14-19)24(20)28(2,26)27/h3-10,19-21H,11-14H2,1-2H3,(H,23,25). The van der Waals surface area contributed by atoms with Gasteiger partial charge in [0.05, 0.1) is 6.26 Å².